The maximum Gasteiger partial charge on any atom is 0.253 e. The number of nitrogens with zero attached hydrogens (tertiary/aromatic N) is 6. The largest absolute Gasteiger partial charge is 0.354 e. The topological polar surface area (TPSA) is 87.7 Å². The molecule has 0 amide bonds. The van der Waals surface area contributed by atoms with Gasteiger partial charge in [0.2, 0.25) is 0 Å². The molecule has 0 bridgehead atoms. The average molecular weight is 338 g/mol. The molecule has 7 heteroatoms. The number of hydrogen-bond acceptors (Lipinski definition) is 6. The fourth-order valence-corrected chi connectivity index (χ4v) is 3.14. The second-order valence-corrected chi connectivity index (χ2v) is 6.73. The molecular formula is C18H22N6O. The fraction of sp³-hybridized carbons (Fsp3) is 0.500. The lowest BCUT2D eigenvalue weighted by Crippen LogP contribution is -2.37. The van der Waals surface area contributed by atoms with Gasteiger partial charge in [-0.3, -0.25) is 9.36 Å². The predicted octanol–water partition coefficient (Wildman–Crippen LogP) is 1.94. The Kier molecular flexibility index (Phi) is 5.08. The zero-order valence-electron chi connectivity index (χ0n) is 14.6. The first-order valence-electron chi connectivity index (χ1n) is 8.61. The highest BCUT2D eigenvalue weighted by atomic mass is 16.1. The molecule has 0 saturated carbocycles. The third-order valence-corrected chi connectivity index (χ3v) is 4.65. The van der Waals surface area contributed by atoms with Crippen molar-refractivity contribution in [3.05, 3.63) is 46.5 Å². The maximum atomic E-state index is 12.2. The molecule has 0 atom stereocenters. The zero-order valence-corrected chi connectivity index (χ0v) is 14.6. The second kappa shape index (κ2) is 7.43. The summed E-state index contributed by atoms with van der Waals surface area (Å²) >= 11 is 0. The van der Waals surface area contributed by atoms with Crippen molar-refractivity contribution >= 4 is 5.82 Å². The number of anilines is 1. The molecule has 130 valence electrons. The highest BCUT2D eigenvalue weighted by Crippen LogP contribution is 2.24. The van der Waals surface area contributed by atoms with E-state index in [1.807, 2.05) is 13.8 Å². The van der Waals surface area contributed by atoms with Gasteiger partial charge in [-0.05, 0) is 24.7 Å². The summed E-state index contributed by atoms with van der Waals surface area (Å²) < 4.78 is 1.70. The van der Waals surface area contributed by atoms with Crippen LogP contribution in [0.15, 0.2) is 29.6 Å². The van der Waals surface area contributed by atoms with Gasteiger partial charge in [0.1, 0.15) is 6.07 Å². The van der Waals surface area contributed by atoms with Crippen molar-refractivity contribution in [1.82, 2.24) is 19.5 Å². The Morgan fingerprint density at radius 2 is 1.96 bits per heavy atom. The minimum absolute atomic E-state index is 0.0156. The summed E-state index contributed by atoms with van der Waals surface area (Å²) in [5.74, 6) is 1.33. The average Bonchev–Trinajstić information content (AvgIpc) is 2.64. The van der Waals surface area contributed by atoms with Crippen LogP contribution in [-0.4, -0.2) is 32.6 Å². The van der Waals surface area contributed by atoms with Crippen LogP contribution in [-0.2, 0) is 6.54 Å². The van der Waals surface area contributed by atoms with Gasteiger partial charge >= 0.3 is 0 Å². The highest BCUT2D eigenvalue weighted by molar-refractivity contribution is 5.49. The van der Waals surface area contributed by atoms with E-state index >= 15 is 0 Å². The lowest BCUT2D eigenvalue weighted by atomic mass is 9.96. The number of nitriles is 1. The molecule has 3 rings (SSSR count). The monoisotopic (exact) mass is 338 g/mol. The summed E-state index contributed by atoms with van der Waals surface area (Å²) in [4.78, 5) is 27.1. The Balaban J connectivity index is 1.63. The number of hydrogen-bond donors (Lipinski definition) is 0. The van der Waals surface area contributed by atoms with Gasteiger partial charge in [0.05, 0.1) is 12.0 Å². The Morgan fingerprint density at radius 1 is 1.24 bits per heavy atom. The van der Waals surface area contributed by atoms with E-state index in [9.17, 15) is 4.79 Å². The van der Waals surface area contributed by atoms with E-state index in [2.05, 4.69) is 25.9 Å². The van der Waals surface area contributed by atoms with E-state index in [0.29, 0.717) is 24.0 Å². The molecule has 0 aliphatic carbocycles. The Labute approximate surface area is 147 Å². The summed E-state index contributed by atoms with van der Waals surface area (Å²) in [7, 11) is 0. The Morgan fingerprint density at radius 3 is 2.60 bits per heavy atom. The summed E-state index contributed by atoms with van der Waals surface area (Å²) in [5, 5.41) is 9.16. The van der Waals surface area contributed by atoms with Crippen molar-refractivity contribution in [2.24, 2.45) is 5.92 Å². The first kappa shape index (κ1) is 17.1. The van der Waals surface area contributed by atoms with Gasteiger partial charge in [-0.25, -0.2) is 15.0 Å². The first-order valence-corrected chi connectivity index (χ1v) is 8.61. The van der Waals surface area contributed by atoms with Crippen molar-refractivity contribution < 1.29 is 0 Å². The van der Waals surface area contributed by atoms with Gasteiger partial charge in [0, 0.05) is 38.1 Å². The van der Waals surface area contributed by atoms with Crippen molar-refractivity contribution in [2.45, 2.75) is 39.2 Å². The van der Waals surface area contributed by atoms with E-state index in [1.165, 1.54) is 6.20 Å². The molecule has 0 N–H and O–H groups in total. The SMILES string of the molecule is CC(C)c1cc(=O)n(CC2CCN(c3nccnc3C#N)CC2)cn1. The number of piperidine rings is 1. The van der Waals surface area contributed by atoms with Crippen LogP contribution in [0.25, 0.3) is 0 Å². The molecule has 1 fully saturated rings. The van der Waals surface area contributed by atoms with E-state index < -0.39 is 0 Å². The van der Waals surface area contributed by atoms with Crippen molar-refractivity contribution in [3.63, 3.8) is 0 Å². The number of rotatable bonds is 4. The maximum absolute atomic E-state index is 12.2. The third kappa shape index (κ3) is 3.85. The molecule has 0 unspecified atom stereocenters. The second-order valence-electron chi connectivity index (χ2n) is 6.73. The molecule has 0 aromatic carbocycles. The van der Waals surface area contributed by atoms with E-state index in [1.54, 1.807) is 23.2 Å². The van der Waals surface area contributed by atoms with Crippen molar-refractivity contribution in [3.8, 4) is 6.07 Å². The first-order chi connectivity index (χ1) is 12.1. The molecule has 1 saturated heterocycles. The minimum Gasteiger partial charge on any atom is -0.354 e. The minimum atomic E-state index is 0.0156. The van der Waals surface area contributed by atoms with E-state index in [-0.39, 0.29) is 11.5 Å². The van der Waals surface area contributed by atoms with Gasteiger partial charge in [-0.2, -0.15) is 5.26 Å². The zero-order chi connectivity index (χ0) is 17.8. The van der Waals surface area contributed by atoms with Crippen LogP contribution < -0.4 is 10.5 Å². The van der Waals surface area contributed by atoms with Crippen molar-refractivity contribution in [2.75, 3.05) is 18.0 Å². The molecule has 7 nitrogen and oxygen atoms in total. The predicted molar refractivity (Wildman–Crippen MR) is 94.3 cm³/mol. The molecule has 3 heterocycles. The van der Waals surface area contributed by atoms with Gasteiger partial charge in [-0.15, -0.1) is 0 Å². The van der Waals surface area contributed by atoms with Crippen LogP contribution in [0.5, 0.6) is 0 Å². The summed E-state index contributed by atoms with van der Waals surface area (Å²) in [6.45, 7) is 6.37. The molecule has 0 spiro atoms. The highest BCUT2D eigenvalue weighted by Gasteiger charge is 2.23. The van der Waals surface area contributed by atoms with Gasteiger partial charge in [0.15, 0.2) is 11.5 Å². The van der Waals surface area contributed by atoms with Crippen LogP contribution in [0, 0.1) is 17.2 Å². The van der Waals surface area contributed by atoms with E-state index in [0.717, 1.165) is 31.6 Å². The van der Waals surface area contributed by atoms with Gasteiger partial charge in [0.25, 0.3) is 5.56 Å². The van der Waals surface area contributed by atoms with Crippen LogP contribution >= 0.6 is 0 Å². The fourth-order valence-electron chi connectivity index (χ4n) is 3.14. The number of aromatic nitrogens is 4. The van der Waals surface area contributed by atoms with E-state index in [4.69, 9.17) is 5.26 Å². The molecule has 25 heavy (non-hydrogen) atoms. The van der Waals surface area contributed by atoms with Crippen LogP contribution in [0.2, 0.25) is 0 Å². The molecule has 2 aromatic rings. The Bertz CT molecular complexity index is 830. The van der Waals surface area contributed by atoms with Crippen LogP contribution in [0.4, 0.5) is 5.82 Å². The standard InChI is InChI=1S/C18H22N6O/c1-13(2)15-9-17(25)24(12-22-15)11-14-3-7-23(8-4-14)18-16(10-19)20-5-6-21-18/h5-6,9,12-14H,3-4,7-8,11H2,1-2H3. The Hall–Kier alpha value is -2.75. The molecule has 2 aromatic heterocycles. The van der Waals surface area contributed by atoms with Crippen LogP contribution in [0.3, 0.4) is 0 Å². The smallest absolute Gasteiger partial charge is 0.253 e. The normalized spacial score (nSPS) is 15.4. The summed E-state index contributed by atoms with van der Waals surface area (Å²) in [5.41, 5.74) is 1.22. The van der Waals surface area contributed by atoms with Gasteiger partial charge < -0.3 is 4.90 Å². The van der Waals surface area contributed by atoms with Gasteiger partial charge in [-0.1, -0.05) is 13.8 Å². The molecule has 1 aliphatic rings. The quantitative estimate of drug-likeness (QED) is 0.846. The van der Waals surface area contributed by atoms with Crippen molar-refractivity contribution in [1.29, 1.82) is 5.26 Å². The molecular weight excluding hydrogens is 316 g/mol. The molecule has 0 radical (unpaired) electrons. The summed E-state index contributed by atoms with van der Waals surface area (Å²) in [6.07, 6.45) is 6.71. The lowest BCUT2D eigenvalue weighted by molar-refractivity contribution is 0.349. The third-order valence-electron chi connectivity index (χ3n) is 4.65. The lowest BCUT2D eigenvalue weighted by Gasteiger charge is -2.33. The summed E-state index contributed by atoms with van der Waals surface area (Å²) in [6, 6.07) is 3.73. The van der Waals surface area contributed by atoms with Crippen LogP contribution in [0.1, 0.15) is 44.0 Å². The molecule has 1 aliphatic heterocycles.